The molecule has 0 atom stereocenters. The van der Waals surface area contributed by atoms with Gasteiger partial charge < -0.3 is 29.4 Å². The van der Waals surface area contributed by atoms with Gasteiger partial charge in [0.25, 0.3) is 0 Å². The number of benzene rings is 2. The van der Waals surface area contributed by atoms with E-state index in [-0.39, 0.29) is 23.2 Å². The smallest absolute Gasteiger partial charge is 0.406 e. The maximum absolute atomic E-state index is 13.6. The van der Waals surface area contributed by atoms with Crippen molar-refractivity contribution in [1.29, 1.82) is 0 Å². The third-order valence-corrected chi connectivity index (χ3v) is 7.47. The van der Waals surface area contributed by atoms with Crippen LogP contribution >= 0.6 is 0 Å². The van der Waals surface area contributed by atoms with Gasteiger partial charge in [-0.15, -0.1) is 0 Å². The standard InChI is InChI=1S/C27H30F3N3O5S/c1-36-24-9-8-23-21(26(24)32-18-10-13-38-14-11-18)15-19(33(23)17-27(28,29)30)5-4-12-31-22-7-6-20(39(3,34)35)16-25(22)37-2/h6-9,15-16,18,31-32H,10-14,17H2,1-3H3. The van der Waals surface area contributed by atoms with Gasteiger partial charge in [-0.05, 0) is 49.1 Å². The van der Waals surface area contributed by atoms with Crippen LogP contribution in [0.15, 0.2) is 41.3 Å². The Bertz CT molecular complexity index is 1500. The second-order valence-electron chi connectivity index (χ2n) is 9.13. The number of fused-ring (bicyclic) bond motifs is 1. The normalized spacial score (nSPS) is 14.5. The molecule has 0 radical (unpaired) electrons. The largest absolute Gasteiger partial charge is 0.495 e. The van der Waals surface area contributed by atoms with Crippen molar-refractivity contribution in [1.82, 2.24) is 4.57 Å². The van der Waals surface area contributed by atoms with Crippen LogP contribution in [0, 0.1) is 11.8 Å². The van der Waals surface area contributed by atoms with Crippen molar-refractivity contribution in [3.63, 3.8) is 0 Å². The first-order valence-corrected chi connectivity index (χ1v) is 14.1. The summed E-state index contributed by atoms with van der Waals surface area (Å²) in [6, 6.07) is 9.39. The van der Waals surface area contributed by atoms with E-state index in [9.17, 15) is 21.6 Å². The predicted molar refractivity (Wildman–Crippen MR) is 143 cm³/mol. The van der Waals surface area contributed by atoms with Crippen LogP contribution in [0.5, 0.6) is 11.5 Å². The number of aromatic nitrogens is 1. The van der Waals surface area contributed by atoms with Gasteiger partial charge >= 0.3 is 6.18 Å². The van der Waals surface area contributed by atoms with E-state index in [4.69, 9.17) is 14.2 Å². The summed E-state index contributed by atoms with van der Waals surface area (Å²) in [5.41, 5.74) is 1.71. The van der Waals surface area contributed by atoms with Gasteiger partial charge in [-0.3, -0.25) is 0 Å². The van der Waals surface area contributed by atoms with Crippen LogP contribution in [0.2, 0.25) is 0 Å². The highest BCUT2D eigenvalue weighted by molar-refractivity contribution is 7.90. The maximum atomic E-state index is 13.6. The second kappa shape index (κ2) is 11.7. The SMILES string of the molecule is COc1cc(S(C)(=O)=O)ccc1NCC#Cc1cc2c(NC3CCOCC3)c(OC)ccc2n1CC(F)(F)F. The molecule has 0 bridgehead atoms. The summed E-state index contributed by atoms with van der Waals surface area (Å²) in [6.45, 7) is 0.101. The Hall–Kier alpha value is -3.56. The first-order valence-electron chi connectivity index (χ1n) is 12.2. The topological polar surface area (TPSA) is 90.8 Å². The number of sulfone groups is 1. The monoisotopic (exact) mass is 565 g/mol. The Morgan fingerprint density at radius 1 is 1.08 bits per heavy atom. The molecule has 12 heteroatoms. The van der Waals surface area contributed by atoms with Crippen LogP contribution in [0.3, 0.4) is 0 Å². The van der Waals surface area contributed by atoms with Gasteiger partial charge in [-0.25, -0.2) is 8.42 Å². The summed E-state index contributed by atoms with van der Waals surface area (Å²) >= 11 is 0. The molecule has 2 aromatic carbocycles. The lowest BCUT2D eigenvalue weighted by Crippen LogP contribution is -2.28. The number of halogens is 3. The summed E-state index contributed by atoms with van der Waals surface area (Å²) in [6.07, 6.45) is -1.81. The molecule has 2 heterocycles. The van der Waals surface area contributed by atoms with Gasteiger partial charge in [0.05, 0.1) is 48.2 Å². The van der Waals surface area contributed by atoms with Crippen molar-refractivity contribution >= 4 is 32.1 Å². The third-order valence-electron chi connectivity index (χ3n) is 6.36. The number of methoxy groups -OCH3 is 2. The number of hydrogen-bond donors (Lipinski definition) is 2. The summed E-state index contributed by atoms with van der Waals surface area (Å²) in [5.74, 6) is 6.57. The highest BCUT2D eigenvalue weighted by Gasteiger charge is 2.30. The zero-order valence-electron chi connectivity index (χ0n) is 21.8. The Morgan fingerprint density at radius 3 is 2.44 bits per heavy atom. The molecule has 39 heavy (non-hydrogen) atoms. The molecule has 2 N–H and O–H groups in total. The van der Waals surface area contributed by atoms with Crippen LogP contribution in [0.1, 0.15) is 18.5 Å². The van der Waals surface area contributed by atoms with Crippen LogP contribution in [-0.4, -0.2) is 65.4 Å². The lowest BCUT2D eigenvalue weighted by atomic mass is 10.1. The minimum atomic E-state index is -4.45. The molecule has 0 amide bonds. The summed E-state index contributed by atoms with van der Waals surface area (Å²) < 4.78 is 81.7. The minimum Gasteiger partial charge on any atom is -0.495 e. The van der Waals surface area contributed by atoms with Gasteiger partial charge in [-0.1, -0.05) is 5.92 Å². The molecule has 0 saturated carbocycles. The summed E-state index contributed by atoms with van der Waals surface area (Å²) in [4.78, 5) is 0.105. The molecule has 0 aliphatic carbocycles. The average molecular weight is 566 g/mol. The third kappa shape index (κ3) is 6.91. The predicted octanol–water partition coefficient (Wildman–Crippen LogP) is 4.68. The van der Waals surface area contributed by atoms with Crippen molar-refractivity contribution in [2.45, 2.75) is 36.5 Å². The molecule has 8 nitrogen and oxygen atoms in total. The van der Waals surface area contributed by atoms with E-state index < -0.39 is 22.6 Å². The zero-order valence-corrected chi connectivity index (χ0v) is 22.6. The van der Waals surface area contributed by atoms with Crippen LogP contribution in [0.4, 0.5) is 24.5 Å². The van der Waals surface area contributed by atoms with Gasteiger partial charge in [0.1, 0.15) is 18.0 Å². The van der Waals surface area contributed by atoms with E-state index in [1.54, 1.807) is 24.3 Å². The number of rotatable bonds is 8. The molecule has 1 aromatic heterocycles. The minimum absolute atomic E-state index is 0.0820. The molecule has 3 aromatic rings. The number of ether oxygens (including phenoxy) is 3. The van der Waals surface area contributed by atoms with Gasteiger partial charge in [0.15, 0.2) is 9.84 Å². The summed E-state index contributed by atoms with van der Waals surface area (Å²) in [5, 5.41) is 7.06. The average Bonchev–Trinajstić information content (AvgIpc) is 3.22. The van der Waals surface area contributed by atoms with E-state index in [0.29, 0.717) is 47.0 Å². The highest BCUT2D eigenvalue weighted by Crippen LogP contribution is 2.37. The first kappa shape index (κ1) is 28.4. The Morgan fingerprint density at radius 2 is 1.79 bits per heavy atom. The molecule has 0 spiro atoms. The fraction of sp³-hybridized carbons (Fsp3) is 0.407. The molecule has 1 fully saturated rings. The number of hydrogen-bond acceptors (Lipinski definition) is 7. The van der Waals surface area contributed by atoms with E-state index in [1.165, 1.54) is 26.4 Å². The number of alkyl halides is 3. The van der Waals surface area contributed by atoms with Crippen molar-refractivity contribution in [3.8, 4) is 23.3 Å². The quantitative estimate of drug-likeness (QED) is 0.384. The Labute approximate surface area is 225 Å². The number of anilines is 2. The molecular weight excluding hydrogens is 535 g/mol. The molecule has 0 unspecified atom stereocenters. The molecule has 1 aliphatic rings. The Balaban J connectivity index is 1.66. The van der Waals surface area contributed by atoms with Crippen molar-refractivity contribution in [2.75, 3.05) is 50.9 Å². The fourth-order valence-electron chi connectivity index (χ4n) is 4.46. The van der Waals surface area contributed by atoms with Crippen molar-refractivity contribution < 1.29 is 35.8 Å². The van der Waals surface area contributed by atoms with E-state index >= 15 is 0 Å². The fourth-order valence-corrected chi connectivity index (χ4v) is 5.09. The Kier molecular flexibility index (Phi) is 8.51. The summed E-state index contributed by atoms with van der Waals surface area (Å²) in [7, 11) is -0.484. The molecule has 4 rings (SSSR count). The number of nitrogens with one attached hydrogen (secondary N) is 2. The first-order chi connectivity index (χ1) is 18.5. The van der Waals surface area contributed by atoms with Crippen LogP contribution in [0.25, 0.3) is 10.9 Å². The van der Waals surface area contributed by atoms with Gasteiger partial charge in [0.2, 0.25) is 0 Å². The number of nitrogens with zero attached hydrogens (tertiary/aromatic N) is 1. The van der Waals surface area contributed by atoms with E-state index in [1.807, 2.05) is 0 Å². The second-order valence-corrected chi connectivity index (χ2v) is 11.1. The highest BCUT2D eigenvalue weighted by atomic mass is 32.2. The maximum Gasteiger partial charge on any atom is 0.406 e. The van der Waals surface area contributed by atoms with Gasteiger partial charge in [-0.2, -0.15) is 13.2 Å². The zero-order chi connectivity index (χ0) is 28.2. The molecular formula is C27H30F3N3O5S. The molecule has 210 valence electrons. The lowest BCUT2D eigenvalue weighted by molar-refractivity contribution is -0.140. The van der Waals surface area contributed by atoms with E-state index in [0.717, 1.165) is 23.7 Å². The van der Waals surface area contributed by atoms with Gasteiger partial charge in [0, 0.05) is 37.0 Å². The van der Waals surface area contributed by atoms with Crippen LogP contribution < -0.4 is 20.1 Å². The van der Waals surface area contributed by atoms with Crippen LogP contribution in [-0.2, 0) is 21.1 Å². The van der Waals surface area contributed by atoms with E-state index in [2.05, 4.69) is 22.5 Å². The molecule has 1 saturated heterocycles. The van der Waals surface area contributed by atoms with Crippen molar-refractivity contribution in [2.24, 2.45) is 0 Å². The lowest BCUT2D eigenvalue weighted by Gasteiger charge is -2.25. The van der Waals surface area contributed by atoms with Crippen molar-refractivity contribution in [3.05, 3.63) is 42.1 Å². The molecule has 1 aliphatic heterocycles.